The van der Waals surface area contributed by atoms with Crippen LogP contribution in [-0.4, -0.2) is 25.7 Å². The van der Waals surface area contributed by atoms with E-state index in [1.54, 1.807) is 10.9 Å². The van der Waals surface area contributed by atoms with Gasteiger partial charge in [-0.05, 0) is 54.3 Å². The van der Waals surface area contributed by atoms with E-state index in [9.17, 15) is 9.90 Å². The number of aromatic nitrogens is 3. The van der Waals surface area contributed by atoms with Crippen molar-refractivity contribution in [2.24, 2.45) is 0 Å². The molecule has 0 bridgehead atoms. The second-order valence-electron chi connectivity index (χ2n) is 8.54. The van der Waals surface area contributed by atoms with Gasteiger partial charge < -0.3 is 5.11 Å². The van der Waals surface area contributed by atoms with E-state index in [-0.39, 0.29) is 11.6 Å². The first-order valence-electron chi connectivity index (χ1n) is 11.2. The lowest BCUT2D eigenvalue weighted by molar-refractivity contribution is 0.0735. The Labute approximate surface area is 181 Å². The number of hydrogen-bond donors (Lipinski definition) is 1. The monoisotopic (exact) mass is 413 g/mol. The summed E-state index contributed by atoms with van der Waals surface area (Å²) in [7, 11) is 0. The topological polar surface area (TPSA) is 68.0 Å². The number of fused-ring (bicyclic) bond motifs is 3. The summed E-state index contributed by atoms with van der Waals surface area (Å²) >= 11 is 0. The highest BCUT2D eigenvalue weighted by atomic mass is 16.3. The summed E-state index contributed by atoms with van der Waals surface area (Å²) in [6.07, 6.45) is 8.26. The molecule has 0 amide bonds. The SMILES string of the molecule is CCc1ccc(Cc2cc3c(=O)n([C@H]4CCCC[C@@H]4O)cnc3c3ccccc23)cn1. The van der Waals surface area contributed by atoms with Gasteiger partial charge in [0.05, 0.1) is 29.4 Å². The van der Waals surface area contributed by atoms with Crippen LogP contribution in [0.1, 0.15) is 55.5 Å². The molecular weight excluding hydrogens is 386 g/mol. The fourth-order valence-electron chi connectivity index (χ4n) is 4.84. The summed E-state index contributed by atoms with van der Waals surface area (Å²) in [5.41, 5.74) is 3.95. The molecule has 0 saturated heterocycles. The van der Waals surface area contributed by atoms with Crippen molar-refractivity contribution in [3.63, 3.8) is 0 Å². The standard InChI is InChI=1S/C26H27N3O2/c1-2-19-12-11-17(15-27-19)13-18-14-22-25(21-8-4-3-7-20(18)21)28-16-29(26(22)31)23-9-5-6-10-24(23)30/h3-4,7-8,11-12,14-16,23-24,30H,2,5-6,9-10,13H2,1H3/t23-,24-/m0/s1. The third kappa shape index (κ3) is 3.63. The zero-order valence-electron chi connectivity index (χ0n) is 17.8. The molecule has 0 unspecified atom stereocenters. The molecule has 0 radical (unpaired) electrons. The van der Waals surface area contributed by atoms with Gasteiger partial charge in [-0.1, -0.05) is 50.1 Å². The minimum Gasteiger partial charge on any atom is -0.391 e. The van der Waals surface area contributed by atoms with Crippen LogP contribution in [0.2, 0.25) is 0 Å². The maximum absolute atomic E-state index is 13.5. The van der Waals surface area contributed by atoms with Crippen molar-refractivity contribution < 1.29 is 5.11 Å². The van der Waals surface area contributed by atoms with Gasteiger partial charge in [-0.25, -0.2) is 4.98 Å². The van der Waals surface area contributed by atoms with Crippen molar-refractivity contribution in [2.75, 3.05) is 0 Å². The molecule has 2 aromatic carbocycles. The van der Waals surface area contributed by atoms with Gasteiger partial charge in [0.25, 0.3) is 5.56 Å². The van der Waals surface area contributed by atoms with E-state index in [4.69, 9.17) is 4.98 Å². The highest BCUT2D eigenvalue weighted by Crippen LogP contribution is 2.30. The molecule has 1 fully saturated rings. The van der Waals surface area contributed by atoms with Crippen LogP contribution in [-0.2, 0) is 12.8 Å². The summed E-state index contributed by atoms with van der Waals surface area (Å²) in [6.45, 7) is 2.10. The van der Waals surface area contributed by atoms with E-state index in [1.165, 1.54) is 0 Å². The number of rotatable bonds is 4. The molecule has 4 aromatic rings. The van der Waals surface area contributed by atoms with Gasteiger partial charge in [0, 0.05) is 17.3 Å². The minimum atomic E-state index is -0.492. The summed E-state index contributed by atoms with van der Waals surface area (Å²) in [4.78, 5) is 22.7. The van der Waals surface area contributed by atoms with Crippen LogP contribution in [0.3, 0.4) is 0 Å². The van der Waals surface area contributed by atoms with Crippen molar-refractivity contribution in [3.8, 4) is 0 Å². The minimum absolute atomic E-state index is 0.0672. The Balaban J connectivity index is 1.67. The Bertz CT molecular complexity index is 1290. The first-order chi connectivity index (χ1) is 15.2. The third-order valence-corrected chi connectivity index (χ3v) is 6.57. The van der Waals surface area contributed by atoms with Crippen LogP contribution >= 0.6 is 0 Å². The Morgan fingerprint density at radius 2 is 1.84 bits per heavy atom. The van der Waals surface area contributed by atoms with Gasteiger partial charge in [-0.3, -0.25) is 14.3 Å². The Kier molecular flexibility index (Phi) is 5.28. The maximum Gasteiger partial charge on any atom is 0.261 e. The molecule has 2 aromatic heterocycles. The van der Waals surface area contributed by atoms with E-state index < -0.39 is 6.10 Å². The number of nitrogens with zero attached hydrogens (tertiary/aromatic N) is 3. The van der Waals surface area contributed by atoms with E-state index in [0.29, 0.717) is 11.8 Å². The number of benzene rings is 2. The lowest BCUT2D eigenvalue weighted by Crippen LogP contribution is -2.34. The largest absolute Gasteiger partial charge is 0.391 e. The number of aryl methyl sites for hydroxylation is 1. The summed E-state index contributed by atoms with van der Waals surface area (Å²) in [6, 6.07) is 14.1. The van der Waals surface area contributed by atoms with Crippen LogP contribution in [0.4, 0.5) is 0 Å². The van der Waals surface area contributed by atoms with Crippen molar-refractivity contribution in [3.05, 3.63) is 82.2 Å². The van der Waals surface area contributed by atoms with Gasteiger partial charge in [0.15, 0.2) is 0 Å². The van der Waals surface area contributed by atoms with Crippen LogP contribution < -0.4 is 5.56 Å². The molecule has 31 heavy (non-hydrogen) atoms. The average molecular weight is 414 g/mol. The molecule has 5 nitrogen and oxygen atoms in total. The molecule has 2 atom stereocenters. The molecule has 158 valence electrons. The predicted octanol–water partition coefficient (Wildman–Crippen LogP) is 4.57. The molecule has 1 saturated carbocycles. The lowest BCUT2D eigenvalue weighted by Gasteiger charge is -2.29. The van der Waals surface area contributed by atoms with Crippen LogP contribution in [0, 0.1) is 0 Å². The average Bonchev–Trinajstić information content (AvgIpc) is 2.81. The van der Waals surface area contributed by atoms with Crippen LogP contribution in [0.25, 0.3) is 21.7 Å². The van der Waals surface area contributed by atoms with Crippen molar-refractivity contribution in [2.45, 2.75) is 57.6 Å². The molecule has 5 rings (SSSR count). The number of pyridine rings is 1. The lowest BCUT2D eigenvalue weighted by atomic mass is 9.92. The van der Waals surface area contributed by atoms with Crippen molar-refractivity contribution >= 4 is 21.7 Å². The van der Waals surface area contributed by atoms with E-state index in [1.807, 2.05) is 30.5 Å². The third-order valence-electron chi connectivity index (χ3n) is 6.57. The van der Waals surface area contributed by atoms with Gasteiger partial charge in [0.1, 0.15) is 0 Å². The Morgan fingerprint density at radius 3 is 2.58 bits per heavy atom. The summed E-state index contributed by atoms with van der Waals surface area (Å²) in [5, 5.41) is 13.2. The molecule has 1 aliphatic rings. The molecule has 2 heterocycles. The Hall–Kier alpha value is -3.05. The fraction of sp³-hybridized carbons (Fsp3) is 0.346. The smallest absolute Gasteiger partial charge is 0.261 e. The highest BCUT2D eigenvalue weighted by molar-refractivity contribution is 6.06. The molecular formula is C26H27N3O2. The summed E-state index contributed by atoms with van der Waals surface area (Å²) < 4.78 is 1.66. The van der Waals surface area contributed by atoms with Crippen LogP contribution in [0.5, 0.6) is 0 Å². The zero-order valence-corrected chi connectivity index (χ0v) is 17.8. The van der Waals surface area contributed by atoms with E-state index in [0.717, 1.165) is 65.2 Å². The quantitative estimate of drug-likeness (QED) is 0.498. The van der Waals surface area contributed by atoms with E-state index in [2.05, 4.69) is 30.1 Å². The highest BCUT2D eigenvalue weighted by Gasteiger charge is 2.26. The normalized spacial score (nSPS) is 19.2. The molecule has 0 aliphatic heterocycles. The zero-order chi connectivity index (χ0) is 21.4. The number of hydrogen-bond acceptors (Lipinski definition) is 4. The second-order valence-corrected chi connectivity index (χ2v) is 8.54. The predicted molar refractivity (Wildman–Crippen MR) is 123 cm³/mol. The fourth-order valence-corrected chi connectivity index (χ4v) is 4.84. The first-order valence-corrected chi connectivity index (χ1v) is 11.2. The maximum atomic E-state index is 13.5. The molecule has 1 aliphatic carbocycles. The van der Waals surface area contributed by atoms with Gasteiger partial charge in [0.2, 0.25) is 0 Å². The summed E-state index contributed by atoms with van der Waals surface area (Å²) in [5.74, 6) is 0. The first kappa shape index (κ1) is 19.9. The van der Waals surface area contributed by atoms with Crippen LogP contribution in [0.15, 0.2) is 59.8 Å². The van der Waals surface area contributed by atoms with Crippen molar-refractivity contribution in [1.29, 1.82) is 0 Å². The molecule has 1 N–H and O–H groups in total. The molecule has 5 heteroatoms. The second kappa shape index (κ2) is 8.23. The van der Waals surface area contributed by atoms with Crippen molar-refractivity contribution in [1.82, 2.24) is 14.5 Å². The molecule has 0 spiro atoms. The Morgan fingerprint density at radius 1 is 1.03 bits per heavy atom. The number of aliphatic hydroxyl groups is 1. The van der Waals surface area contributed by atoms with Gasteiger partial charge in [-0.2, -0.15) is 0 Å². The van der Waals surface area contributed by atoms with E-state index >= 15 is 0 Å². The number of aliphatic hydroxyl groups excluding tert-OH is 1. The van der Waals surface area contributed by atoms with Gasteiger partial charge >= 0.3 is 0 Å². The van der Waals surface area contributed by atoms with Gasteiger partial charge in [-0.15, -0.1) is 0 Å².